The molecule has 0 amide bonds. The Hall–Kier alpha value is -2.80. The molecule has 3 aromatic carbocycles. The van der Waals surface area contributed by atoms with Gasteiger partial charge in [0.05, 0.1) is 0 Å². The average Bonchev–Trinajstić information content (AvgIpc) is 2.92. The summed E-state index contributed by atoms with van der Waals surface area (Å²) in [6.07, 6.45) is 5.54. The number of allylic oxidation sites excluding steroid dienone is 1. The molecule has 23 heavy (non-hydrogen) atoms. The minimum atomic E-state index is 1.00. The van der Waals surface area contributed by atoms with Crippen molar-refractivity contribution in [1.29, 1.82) is 0 Å². The summed E-state index contributed by atoms with van der Waals surface area (Å²) in [6, 6.07) is 19.7. The second-order valence-electron chi connectivity index (χ2n) is 6.31. The molecule has 5 rings (SSSR count). The minimum Gasteiger partial charge on any atom is -0.358 e. The number of aryl methyl sites for hydroxylation is 1. The predicted octanol–water partition coefficient (Wildman–Crippen LogP) is 5.87. The van der Waals surface area contributed by atoms with Gasteiger partial charge in [-0.05, 0) is 46.9 Å². The van der Waals surface area contributed by atoms with Crippen LogP contribution in [0, 0.1) is 6.92 Å². The van der Waals surface area contributed by atoms with Crippen LogP contribution in [0.1, 0.15) is 16.8 Å². The van der Waals surface area contributed by atoms with Gasteiger partial charge in [0.15, 0.2) is 0 Å². The van der Waals surface area contributed by atoms with Gasteiger partial charge in [-0.25, -0.2) is 0 Å². The van der Waals surface area contributed by atoms with Gasteiger partial charge in [-0.3, -0.25) is 0 Å². The van der Waals surface area contributed by atoms with Crippen molar-refractivity contribution >= 4 is 27.8 Å². The second kappa shape index (κ2) is 4.60. The number of rotatable bonds is 1. The lowest BCUT2D eigenvalue weighted by Crippen LogP contribution is -1.97. The third-order valence-corrected chi connectivity index (χ3v) is 4.97. The van der Waals surface area contributed by atoms with Crippen molar-refractivity contribution in [3.8, 4) is 11.1 Å². The summed E-state index contributed by atoms with van der Waals surface area (Å²) in [5.74, 6) is 0. The number of hydrogen-bond donors (Lipinski definition) is 1. The Kier molecular flexibility index (Phi) is 2.54. The van der Waals surface area contributed by atoms with E-state index < -0.39 is 0 Å². The quantitative estimate of drug-likeness (QED) is 0.452. The SMILES string of the molecule is Cc1[nH]c2ccccc2c1-c1ccc2cccc3c2c1CC=C3. The van der Waals surface area contributed by atoms with E-state index in [1.165, 1.54) is 49.6 Å². The number of benzene rings is 3. The van der Waals surface area contributed by atoms with E-state index in [2.05, 4.69) is 78.7 Å². The van der Waals surface area contributed by atoms with E-state index >= 15 is 0 Å². The second-order valence-corrected chi connectivity index (χ2v) is 6.31. The maximum Gasteiger partial charge on any atom is 0.0462 e. The van der Waals surface area contributed by atoms with Crippen LogP contribution in [0.4, 0.5) is 0 Å². The molecule has 1 aliphatic carbocycles. The molecular weight excluding hydrogens is 278 g/mol. The van der Waals surface area contributed by atoms with E-state index in [0.717, 1.165) is 6.42 Å². The van der Waals surface area contributed by atoms with Crippen molar-refractivity contribution in [2.24, 2.45) is 0 Å². The molecule has 1 N–H and O–H groups in total. The third kappa shape index (κ3) is 1.74. The zero-order valence-electron chi connectivity index (χ0n) is 13.1. The van der Waals surface area contributed by atoms with Gasteiger partial charge in [-0.15, -0.1) is 0 Å². The molecule has 1 aromatic heterocycles. The van der Waals surface area contributed by atoms with Crippen molar-refractivity contribution in [2.45, 2.75) is 13.3 Å². The first kappa shape index (κ1) is 12.7. The standard InChI is InChI=1S/C22H17N/c1-14-21(19-9-2-3-11-20(19)23-14)18-13-12-16-7-4-6-15-8-5-10-17(18)22(15)16/h2-9,11-13,23H,10H2,1H3. The molecule has 1 nitrogen and oxygen atoms in total. The van der Waals surface area contributed by atoms with Crippen LogP contribution in [0.15, 0.2) is 60.7 Å². The number of para-hydroxylation sites is 1. The van der Waals surface area contributed by atoms with Gasteiger partial charge in [0.25, 0.3) is 0 Å². The van der Waals surface area contributed by atoms with Crippen LogP contribution < -0.4 is 0 Å². The topological polar surface area (TPSA) is 15.8 Å². The summed E-state index contributed by atoms with van der Waals surface area (Å²) in [6.45, 7) is 2.18. The summed E-state index contributed by atoms with van der Waals surface area (Å²) in [4.78, 5) is 3.54. The first-order chi connectivity index (χ1) is 11.3. The van der Waals surface area contributed by atoms with E-state index in [4.69, 9.17) is 0 Å². The monoisotopic (exact) mass is 295 g/mol. The van der Waals surface area contributed by atoms with Crippen LogP contribution in [0.25, 0.3) is 38.9 Å². The van der Waals surface area contributed by atoms with Gasteiger partial charge < -0.3 is 4.98 Å². The molecule has 1 heterocycles. The molecule has 0 aliphatic heterocycles. The molecule has 110 valence electrons. The molecule has 0 fully saturated rings. The molecule has 0 bridgehead atoms. The fourth-order valence-corrected chi connectivity index (χ4v) is 4.00. The summed E-state index contributed by atoms with van der Waals surface area (Å²) < 4.78 is 0. The summed E-state index contributed by atoms with van der Waals surface area (Å²) in [5.41, 5.74) is 7.96. The molecule has 0 spiro atoms. The lowest BCUT2D eigenvalue weighted by molar-refractivity contribution is 1.27. The Labute approximate surface area is 135 Å². The Morgan fingerprint density at radius 1 is 0.913 bits per heavy atom. The van der Waals surface area contributed by atoms with Gasteiger partial charge in [0, 0.05) is 22.2 Å². The van der Waals surface area contributed by atoms with Crippen molar-refractivity contribution in [1.82, 2.24) is 4.98 Å². The molecule has 4 aromatic rings. The fourth-order valence-electron chi connectivity index (χ4n) is 4.00. The molecule has 0 radical (unpaired) electrons. The Morgan fingerprint density at radius 3 is 2.78 bits per heavy atom. The number of nitrogens with one attached hydrogen (secondary N) is 1. The van der Waals surface area contributed by atoms with Crippen molar-refractivity contribution in [2.75, 3.05) is 0 Å². The molecule has 0 unspecified atom stereocenters. The van der Waals surface area contributed by atoms with Gasteiger partial charge in [-0.2, -0.15) is 0 Å². The lowest BCUT2D eigenvalue weighted by atomic mass is 9.86. The molecule has 1 aliphatic rings. The van der Waals surface area contributed by atoms with E-state index in [-0.39, 0.29) is 0 Å². The maximum absolute atomic E-state index is 3.54. The highest BCUT2D eigenvalue weighted by Crippen LogP contribution is 2.39. The summed E-state index contributed by atoms with van der Waals surface area (Å²) >= 11 is 0. The summed E-state index contributed by atoms with van der Waals surface area (Å²) in [5, 5.41) is 4.06. The highest BCUT2D eigenvalue weighted by Gasteiger charge is 2.17. The molecule has 0 saturated heterocycles. The van der Waals surface area contributed by atoms with E-state index in [9.17, 15) is 0 Å². The number of fused-ring (bicyclic) bond motifs is 1. The van der Waals surface area contributed by atoms with Crippen LogP contribution in [0.2, 0.25) is 0 Å². The Morgan fingerprint density at radius 2 is 1.83 bits per heavy atom. The normalized spacial score (nSPS) is 13.1. The lowest BCUT2D eigenvalue weighted by Gasteiger charge is -2.17. The smallest absolute Gasteiger partial charge is 0.0462 e. The molecule has 0 saturated carbocycles. The van der Waals surface area contributed by atoms with Gasteiger partial charge in [0.1, 0.15) is 0 Å². The Balaban J connectivity index is 1.92. The fraction of sp³-hybridized carbons (Fsp3) is 0.0909. The van der Waals surface area contributed by atoms with Gasteiger partial charge in [-0.1, -0.05) is 60.7 Å². The zero-order chi connectivity index (χ0) is 15.4. The van der Waals surface area contributed by atoms with E-state index in [1.807, 2.05) is 0 Å². The number of H-pyrrole nitrogens is 1. The molecule has 0 atom stereocenters. The first-order valence-electron chi connectivity index (χ1n) is 8.12. The zero-order valence-corrected chi connectivity index (χ0v) is 13.1. The van der Waals surface area contributed by atoms with E-state index in [0.29, 0.717) is 0 Å². The van der Waals surface area contributed by atoms with Crippen LogP contribution in [-0.2, 0) is 6.42 Å². The molecular formula is C22H17N. The highest BCUT2D eigenvalue weighted by molar-refractivity contribution is 6.04. The van der Waals surface area contributed by atoms with Crippen LogP contribution >= 0.6 is 0 Å². The van der Waals surface area contributed by atoms with Crippen molar-refractivity contribution in [3.05, 3.63) is 77.5 Å². The first-order valence-corrected chi connectivity index (χ1v) is 8.12. The molecule has 1 heteroatoms. The van der Waals surface area contributed by atoms with E-state index in [1.54, 1.807) is 0 Å². The van der Waals surface area contributed by atoms with Crippen molar-refractivity contribution < 1.29 is 0 Å². The highest BCUT2D eigenvalue weighted by atomic mass is 14.7. The predicted molar refractivity (Wildman–Crippen MR) is 98.7 cm³/mol. The average molecular weight is 295 g/mol. The van der Waals surface area contributed by atoms with Crippen LogP contribution in [0.3, 0.4) is 0 Å². The van der Waals surface area contributed by atoms with Crippen molar-refractivity contribution in [3.63, 3.8) is 0 Å². The number of hydrogen-bond acceptors (Lipinski definition) is 0. The van der Waals surface area contributed by atoms with Gasteiger partial charge in [0.2, 0.25) is 0 Å². The minimum absolute atomic E-state index is 1.00. The number of aromatic amines is 1. The van der Waals surface area contributed by atoms with Crippen LogP contribution in [-0.4, -0.2) is 4.98 Å². The van der Waals surface area contributed by atoms with Gasteiger partial charge >= 0.3 is 0 Å². The largest absolute Gasteiger partial charge is 0.358 e. The third-order valence-electron chi connectivity index (χ3n) is 4.97. The van der Waals surface area contributed by atoms with Crippen LogP contribution in [0.5, 0.6) is 0 Å². The maximum atomic E-state index is 3.54. The Bertz CT molecular complexity index is 1100. The summed E-state index contributed by atoms with van der Waals surface area (Å²) in [7, 11) is 0. The number of aromatic nitrogens is 1.